The number of carbonyl (C=O) groups is 1. The molecule has 0 saturated heterocycles. The number of aromatic nitrogens is 2. The molecule has 0 aliphatic carbocycles. The average Bonchev–Trinajstić information content (AvgIpc) is 2.99. The first-order chi connectivity index (χ1) is 18.7. The van der Waals surface area contributed by atoms with Gasteiger partial charge >= 0.3 is 0 Å². The molecule has 4 heterocycles. The molecule has 1 amide bonds. The van der Waals surface area contributed by atoms with Gasteiger partial charge in [0.1, 0.15) is 31.7 Å². The van der Waals surface area contributed by atoms with Crippen molar-refractivity contribution in [1.29, 1.82) is 0 Å². The lowest BCUT2D eigenvalue weighted by Gasteiger charge is -2.44. The van der Waals surface area contributed by atoms with Gasteiger partial charge in [0, 0.05) is 36.8 Å². The number of rotatable bonds is 4. The van der Waals surface area contributed by atoms with E-state index in [4.69, 9.17) is 9.47 Å². The standard InChI is InChI=1S/C30H26N4O4/c35-25-14-18-33-28(29(25)38-20-22-8-2-1-3-9-22)30(36)32-17-6-7-19-37-26-11-5-4-10-24(26)27(34(33)21-32)23-12-15-31-16-13-23/h1-16,18,27H,17,19-21H2/b7-6-/t27-/m0/s1. The third kappa shape index (κ3) is 4.41. The maximum Gasteiger partial charge on any atom is 0.278 e. The van der Waals surface area contributed by atoms with E-state index in [-0.39, 0.29) is 35.4 Å². The Labute approximate surface area is 220 Å². The fourth-order valence-electron chi connectivity index (χ4n) is 4.89. The van der Waals surface area contributed by atoms with Crippen molar-refractivity contribution < 1.29 is 14.3 Å². The van der Waals surface area contributed by atoms with Crippen molar-refractivity contribution in [2.45, 2.75) is 12.6 Å². The molecule has 38 heavy (non-hydrogen) atoms. The van der Waals surface area contributed by atoms with Crippen molar-refractivity contribution in [2.24, 2.45) is 0 Å². The van der Waals surface area contributed by atoms with E-state index < -0.39 is 0 Å². The van der Waals surface area contributed by atoms with Crippen molar-refractivity contribution in [3.63, 3.8) is 0 Å². The summed E-state index contributed by atoms with van der Waals surface area (Å²) in [6.07, 6.45) is 8.96. The maximum absolute atomic E-state index is 13.8. The van der Waals surface area contributed by atoms with Crippen molar-refractivity contribution >= 4 is 5.91 Å². The van der Waals surface area contributed by atoms with Gasteiger partial charge in [-0.3, -0.25) is 24.3 Å². The number of hydrogen-bond acceptors (Lipinski definition) is 6. The first kappa shape index (κ1) is 23.5. The third-order valence-electron chi connectivity index (χ3n) is 6.70. The summed E-state index contributed by atoms with van der Waals surface area (Å²) in [5, 5.41) is 2.06. The van der Waals surface area contributed by atoms with Gasteiger partial charge in [0.25, 0.3) is 5.91 Å². The first-order valence-corrected chi connectivity index (χ1v) is 12.5. The van der Waals surface area contributed by atoms with Crippen LogP contribution < -0.4 is 19.9 Å². The van der Waals surface area contributed by atoms with Crippen LogP contribution in [0.5, 0.6) is 11.5 Å². The lowest BCUT2D eigenvalue weighted by Crippen LogP contribution is -2.55. The highest BCUT2D eigenvalue weighted by Gasteiger charge is 2.37. The second-order valence-corrected chi connectivity index (χ2v) is 9.09. The summed E-state index contributed by atoms with van der Waals surface area (Å²) in [5.41, 5.74) is 2.66. The third-order valence-corrected chi connectivity index (χ3v) is 6.70. The molecule has 0 N–H and O–H groups in total. The summed E-state index contributed by atoms with van der Waals surface area (Å²) in [6, 6.07) is 22.5. The van der Waals surface area contributed by atoms with E-state index in [0.29, 0.717) is 19.8 Å². The SMILES string of the molecule is O=C1c2c(OCc3ccccc3)c(=O)ccn2N2CN1C/C=C\COc1ccccc1[C@@H]2c1ccncc1. The molecule has 1 atom stereocenters. The molecule has 2 aliphatic heterocycles. The van der Waals surface area contributed by atoms with E-state index in [2.05, 4.69) is 9.99 Å². The monoisotopic (exact) mass is 506 g/mol. The molecule has 0 fully saturated rings. The molecule has 0 spiro atoms. The molecular weight excluding hydrogens is 480 g/mol. The van der Waals surface area contributed by atoms with E-state index in [0.717, 1.165) is 22.4 Å². The van der Waals surface area contributed by atoms with Crippen molar-refractivity contribution in [2.75, 3.05) is 24.8 Å². The molecule has 6 rings (SSSR count). The number of nitrogens with zero attached hydrogens (tertiary/aromatic N) is 4. The Bertz CT molecular complexity index is 1540. The molecule has 8 heteroatoms. The summed E-state index contributed by atoms with van der Waals surface area (Å²) >= 11 is 0. The number of benzene rings is 2. The first-order valence-electron chi connectivity index (χ1n) is 12.5. The van der Waals surface area contributed by atoms with Crippen molar-refractivity contribution in [3.8, 4) is 11.5 Å². The van der Waals surface area contributed by atoms with Crippen LogP contribution in [0.2, 0.25) is 0 Å². The van der Waals surface area contributed by atoms with Crippen LogP contribution >= 0.6 is 0 Å². The van der Waals surface area contributed by atoms with E-state index in [1.54, 1.807) is 28.2 Å². The highest BCUT2D eigenvalue weighted by molar-refractivity contribution is 5.96. The molecular formula is C30H26N4O4. The number of fused-ring (bicyclic) bond motifs is 5. The summed E-state index contributed by atoms with van der Waals surface area (Å²) in [7, 11) is 0. The average molecular weight is 507 g/mol. The minimum atomic E-state index is -0.342. The van der Waals surface area contributed by atoms with Gasteiger partial charge in [-0.05, 0) is 35.4 Å². The van der Waals surface area contributed by atoms with Crippen LogP contribution in [0.4, 0.5) is 0 Å². The summed E-state index contributed by atoms with van der Waals surface area (Å²) < 4.78 is 14.0. The fourth-order valence-corrected chi connectivity index (χ4v) is 4.89. The maximum atomic E-state index is 13.8. The quantitative estimate of drug-likeness (QED) is 0.391. The second-order valence-electron chi connectivity index (χ2n) is 9.09. The van der Waals surface area contributed by atoms with Crippen molar-refractivity contribution in [1.82, 2.24) is 14.6 Å². The Kier molecular flexibility index (Phi) is 6.35. The van der Waals surface area contributed by atoms with Gasteiger partial charge in [-0.1, -0.05) is 54.6 Å². The van der Waals surface area contributed by atoms with Crippen LogP contribution in [-0.4, -0.2) is 40.3 Å². The normalized spacial score (nSPS) is 17.5. The Morgan fingerprint density at radius 2 is 1.71 bits per heavy atom. The van der Waals surface area contributed by atoms with E-state index in [1.165, 1.54) is 6.07 Å². The fraction of sp³-hybridized carbons (Fsp3) is 0.167. The molecule has 2 aromatic carbocycles. The van der Waals surface area contributed by atoms with Crippen LogP contribution in [-0.2, 0) is 6.61 Å². The van der Waals surface area contributed by atoms with Gasteiger partial charge in [0.05, 0.1) is 0 Å². The minimum Gasteiger partial charge on any atom is -0.489 e. The summed E-state index contributed by atoms with van der Waals surface area (Å²) in [6.45, 7) is 1.20. The number of hydrogen-bond donors (Lipinski definition) is 0. The number of para-hydroxylation sites is 1. The van der Waals surface area contributed by atoms with E-state index >= 15 is 0 Å². The van der Waals surface area contributed by atoms with Gasteiger partial charge in [-0.15, -0.1) is 0 Å². The summed E-state index contributed by atoms with van der Waals surface area (Å²) in [4.78, 5) is 32.8. The lowest BCUT2D eigenvalue weighted by atomic mass is 9.98. The molecule has 2 aromatic heterocycles. The Balaban J connectivity index is 1.54. The molecule has 190 valence electrons. The lowest BCUT2D eigenvalue weighted by molar-refractivity contribution is 0.0698. The number of carbonyl (C=O) groups excluding carboxylic acids is 1. The van der Waals surface area contributed by atoms with Gasteiger partial charge in [-0.25, -0.2) is 0 Å². The van der Waals surface area contributed by atoms with Crippen LogP contribution in [0.15, 0.2) is 108 Å². The zero-order chi connectivity index (χ0) is 25.9. The molecule has 0 unspecified atom stereocenters. The number of pyridine rings is 2. The zero-order valence-corrected chi connectivity index (χ0v) is 20.6. The Morgan fingerprint density at radius 3 is 2.55 bits per heavy atom. The topological polar surface area (TPSA) is 76.9 Å². The molecule has 2 aliphatic rings. The Hall–Kier alpha value is -4.85. The largest absolute Gasteiger partial charge is 0.489 e. The van der Waals surface area contributed by atoms with Gasteiger partial charge in [-0.2, -0.15) is 0 Å². The highest BCUT2D eigenvalue weighted by atomic mass is 16.5. The van der Waals surface area contributed by atoms with Crippen LogP contribution in [0, 0.1) is 0 Å². The molecule has 8 nitrogen and oxygen atoms in total. The molecule has 0 radical (unpaired) electrons. The highest BCUT2D eigenvalue weighted by Crippen LogP contribution is 2.36. The van der Waals surface area contributed by atoms with Gasteiger partial charge in [0.2, 0.25) is 5.43 Å². The predicted octanol–water partition coefficient (Wildman–Crippen LogP) is 3.91. The Morgan fingerprint density at radius 1 is 0.921 bits per heavy atom. The van der Waals surface area contributed by atoms with Gasteiger partial charge in [0.15, 0.2) is 11.4 Å². The number of ether oxygens (including phenoxy) is 2. The predicted molar refractivity (Wildman–Crippen MR) is 143 cm³/mol. The van der Waals surface area contributed by atoms with Gasteiger partial charge < -0.3 is 14.4 Å². The minimum absolute atomic E-state index is 0.0351. The van der Waals surface area contributed by atoms with E-state index in [9.17, 15) is 9.59 Å². The zero-order valence-electron chi connectivity index (χ0n) is 20.6. The molecule has 4 aromatic rings. The van der Waals surface area contributed by atoms with E-state index in [1.807, 2.05) is 78.9 Å². The smallest absolute Gasteiger partial charge is 0.278 e. The van der Waals surface area contributed by atoms with Crippen molar-refractivity contribution in [3.05, 3.63) is 136 Å². The second kappa shape index (κ2) is 10.3. The van der Waals surface area contributed by atoms with Crippen LogP contribution in [0.1, 0.15) is 33.2 Å². The molecule has 2 bridgehead atoms. The molecule has 0 saturated carbocycles. The summed E-state index contributed by atoms with van der Waals surface area (Å²) in [5.74, 6) is 0.508. The number of amides is 1. The van der Waals surface area contributed by atoms with Crippen LogP contribution in [0.3, 0.4) is 0 Å². The van der Waals surface area contributed by atoms with Crippen LogP contribution in [0.25, 0.3) is 0 Å².